The molecule has 20 rings (SSSR count). The van der Waals surface area contributed by atoms with Gasteiger partial charge in [0.25, 0.3) is 23.6 Å². The Morgan fingerprint density at radius 3 is 0.853 bits per heavy atom. The lowest BCUT2D eigenvalue weighted by atomic mass is 9.90. The van der Waals surface area contributed by atoms with Gasteiger partial charge in [0.1, 0.15) is 46.3 Å². The third-order valence-electron chi connectivity index (χ3n) is 27.4. The van der Waals surface area contributed by atoms with Crippen molar-refractivity contribution in [1.82, 2.24) is 48.1 Å². The summed E-state index contributed by atoms with van der Waals surface area (Å²) in [6.07, 6.45) is 9.11. The van der Waals surface area contributed by atoms with Crippen molar-refractivity contribution in [2.75, 3.05) is 111 Å². The first-order valence-corrected chi connectivity index (χ1v) is 57.6. The normalized spacial score (nSPS) is 16.7. The van der Waals surface area contributed by atoms with Crippen LogP contribution in [0.2, 0.25) is 10.0 Å². The highest BCUT2D eigenvalue weighted by atomic mass is 35.5. The number of rotatable bonds is 35. The van der Waals surface area contributed by atoms with Gasteiger partial charge < -0.3 is 23.8 Å². The van der Waals surface area contributed by atoms with Crippen LogP contribution in [0.3, 0.4) is 0 Å². The summed E-state index contributed by atoms with van der Waals surface area (Å²) in [5.74, 6) is -4.69. The minimum absolute atomic E-state index is 0.0209. The zero-order valence-corrected chi connectivity index (χ0v) is 87.6. The number of hydrogen-bond acceptors (Lipinski definition) is 21. The van der Waals surface area contributed by atoms with Crippen molar-refractivity contribution in [3.63, 3.8) is 0 Å². The molecule has 2 unspecified atom stereocenters. The number of sulfonamides is 3. The average molecular weight is 2160 g/mol. The van der Waals surface area contributed by atoms with E-state index in [0.717, 1.165) is 143 Å². The van der Waals surface area contributed by atoms with Crippen LogP contribution >= 0.6 is 23.2 Å². The smallest absolute Gasteiger partial charge is 0.415 e. The Hall–Kier alpha value is -12.9. The van der Waals surface area contributed by atoms with E-state index in [0.29, 0.717) is 78.9 Å². The maximum atomic E-state index is 14.8. The van der Waals surface area contributed by atoms with Gasteiger partial charge in [0.2, 0.25) is 30.1 Å². The highest BCUT2D eigenvalue weighted by molar-refractivity contribution is 7.90. The molecule has 4 aliphatic carbocycles. The van der Waals surface area contributed by atoms with Gasteiger partial charge in [0.15, 0.2) is 0 Å². The lowest BCUT2D eigenvalue weighted by Gasteiger charge is -2.44. The molecule has 0 bridgehead atoms. The van der Waals surface area contributed by atoms with Gasteiger partial charge in [-0.15, -0.1) is 0 Å². The largest absolute Gasteiger partial charge is 0.493 e. The fourth-order valence-corrected chi connectivity index (χ4v) is 21.6. The maximum absolute atomic E-state index is 14.8. The SMILES string of the molecule is CNS(=O)(=O)NC(=O)c1cc(C2CC2)c(OCC2CN(C(c3ccccc3)c3ccccc3)C2)cc1F.CS(=O)(=O)NC(=O)c1cc(C2CC2)c(OC(=O)N2CCN(C(c3ccccc3)c3ccccc3)CC2)cc1F.CS(=O)(=O)NC(=O)c1cc(C2CC2)c(OCC2CN(C(c3ccccc3)c3ccc(Cl)cc3)C2)cc1F.CS(=O)(=O)NC(=O)c1cc(C2CC2)c(OCC2CN(C(c3ccccc3)c3cccc(Cl)c3)C2)cc1F. The topological polar surface area (TPSA) is 335 Å². The summed E-state index contributed by atoms with van der Waals surface area (Å²) in [6.45, 7) is 8.34. The fraction of sp³-hybridized carbons (Fsp3) is 0.319. The second kappa shape index (κ2) is 47.7. The van der Waals surface area contributed by atoms with Crippen molar-refractivity contribution >= 4 is 93.2 Å². The Bertz CT molecular complexity index is 7270. The van der Waals surface area contributed by atoms with E-state index in [1.165, 1.54) is 82.9 Å². The van der Waals surface area contributed by atoms with Gasteiger partial charge in [-0.25, -0.2) is 71.2 Å². The number of carbonyl (C=O) groups excluding carboxylic acids is 5. The van der Waals surface area contributed by atoms with Crippen LogP contribution in [0, 0.1) is 41.0 Å². The minimum atomic E-state index is -4.03. The van der Waals surface area contributed by atoms with E-state index in [9.17, 15) is 75.2 Å². The summed E-state index contributed by atoms with van der Waals surface area (Å²) in [5, 5.41) is 1.39. The molecule has 5 N–H and O–H groups in total. The molecule has 27 nitrogen and oxygen atoms in total. The van der Waals surface area contributed by atoms with Crippen LogP contribution in [0.4, 0.5) is 22.4 Å². The number of ether oxygens (including phenoxy) is 4. The highest BCUT2D eigenvalue weighted by Crippen LogP contribution is 2.51. The summed E-state index contributed by atoms with van der Waals surface area (Å²) in [4.78, 5) is 73.4. The Balaban J connectivity index is 0.000000136. The van der Waals surface area contributed by atoms with Crippen LogP contribution in [-0.2, 0) is 40.3 Å². The number of likely N-dealkylation sites (tertiary alicyclic amines) is 3. The molecule has 5 amide bonds. The Morgan fingerprint density at radius 1 is 0.313 bits per heavy atom. The summed E-state index contributed by atoms with van der Waals surface area (Å²) in [6, 6.07) is 88.3. The highest BCUT2D eigenvalue weighted by Gasteiger charge is 2.42. The summed E-state index contributed by atoms with van der Waals surface area (Å²) < 4.78 is 184. The van der Waals surface area contributed by atoms with Gasteiger partial charge in [-0.3, -0.25) is 38.8 Å². The molecule has 0 radical (unpaired) electrons. The fourth-order valence-electron chi connectivity index (χ4n) is 19.5. The van der Waals surface area contributed by atoms with Gasteiger partial charge >= 0.3 is 16.3 Å². The molecule has 12 aromatic rings. The number of nitrogens with zero attached hydrogens (tertiary/aromatic N) is 5. The molecule has 8 aliphatic rings. The second-order valence-corrected chi connectivity index (χ2v) is 47.0. The molecular formula is C113H116Cl2F4N10O17S4. The Morgan fingerprint density at radius 2 is 0.573 bits per heavy atom. The van der Waals surface area contributed by atoms with Gasteiger partial charge in [0.05, 0.1) is 85.0 Å². The van der Waals surface area contributed by atoms with Crippen molar-refractivity contribution in [3.8, 4) is 23.0 Å². The predicted octanol–water partition coefficient (Wildman–Crippen LogP) is 18.6. The molecule has 786 valence electrons. The summed E-state index contributed by atoms with van der Waals surface area (Å²) in [5.41, 5.74) is 11.0. The van der Waals surface area contributed by atoms with E-state index in [-0.39, 0.29) is 88.0 Å². The van der Waals surface area contributed by atoms with Crippen molar-refractivity contribution in [2.24, 2.45) is 17.8 Å². The van der Waals surface area contributed by atoms with Crippen LogP contribution in [-0.4, -0.2) is 199 Å². The molecule has 2 atom stereocenters. The van der Waals surface area contributed by atoms with E-state index < -0.39 is 98.8 Å². The lowest BCUT2D eigenvalue weighted by Crippen LogP contribution is -2.51. The molecule has 12 aromatic carbocycles. The van der Waals surface area contributed by atoms with Crippen LogP contribution < -0.4 is 42.6 Å². The summed E-state index contributed by atoms with van der Waals surface area (Å²) in [7, 11) is -14.3. The van der Waals surface area contributed by atoms with E-state index in [2.05, 4.69) is 135 Å². The van der Waals surface area contributed by atoms with Gasteiger partial charge in [-0.05, 0) is 190 Å². The molecule has 4 saturated carbocycles. The van der Waals surface area contributed by atoms with Crippen molar-refractivity contribution in [1.29, 1.82) is 0 Å². The van der Waals surface area contributed by atoms with E-state index in [1.54, 1.807) is 9.62 Å². The zero-order valence-electron chi connectivity index (χ0n) is 82.8. The number of amides is 5. The van der Waals surface area contributed by atoms with Crippen LogP contribution in [0.5, 0.6) is 23.0 Å². The van der Waals surface area contributed by atoms with E-state index in [4.69, 9.17) is 42.1 Å². The number of halogens is 6. The summed E-state index contributed by atoms with van der Waals surface area (Å²) >= 11 is 12.4. The van der Waals surface area contributed by atoms with Crippen molar-refractivity contribution in [2.45, 2.75) is 99.2 Å². The van der Waals surface area contributed by atoms with E-state index in [1.807, 2.05) is 134 Å². The number of hydrogen-bond donors (Lipinski definition) is 5. The van der Waals surface area contributed by atoms with Crippen LogP contribution in [0.15, 0.2) is 279 Å². The third kappa shape index (κ3) is 28.7. The van der Waals surface area contributed by atoms with Crippen molar-refractivity contribution < 1.29 is 94.2 Å². The number of benzene rings is 12. The number of carbonyl (C=O) groups is 5. The number of nitrogens with one attached hydrogen (secondary N) is 5. The first-order valence-electron chi connectivity index (χ1n) is 49.7. The average Bonchev–Trinajstić information content (AvgIpc) is 1.74. The molecule has 37 heteroatoms. The van der Waals surface area contributed by atoms with Gasteiger partial charge in [-0.1, -0.05) is 229 Å². The van der Waals surface area contributed by atoms with Gasteiger partial charge in [-0.2, -0.15) is 8.42 Å². The predicted molar refractivity (Wildman–Crippen MR) is 566 cm³/mol. The molecule has 8 fully saturated rings. The molecule has 0 aromatic heterocycles. The minimum Gasteiger partial charge on any atom is -0.493 e. The Kier molecular flexibility index (Phi) is 34.5. The quantitative estimate of drug-likeness (QED) is 0.0230. The number of piperazine rings is 1. The van der Waals surface area contributed by atoms with Crippen LogP contribution in [0.1, 0.15) is 207 Å². The lowest BCUT2D eigenvalue weighted by molar-refractivity contribution is 0.0375. The maximum Gasteiger partial charge on any atom is 0.415 e. The van der Waals surface area contributed by atoms with Gasteiger partial charge in [0, 0.05) is 125 Å². The first-order chi connectivity index (χ1) is 71.9. The molecule has 4 aliphatic heterocycles. The first kappa shape index (κ1) is 108. The molecule has 4 saturated heterocycles. The van der Waals surface area contributed by atoms with E-state index >= 15 is 0 Å². The third-order valence-corrected chi connectivity index (χ3v) is 30.6. The molecule has 0 spiro atoms. The second-order valence-electron chi connectivity index (χ2n) is 39.3. The molecular weight excluding hydrogens is 2040 g/mol. The van der Waals surface area contributed by atoms with Crippen molar-refractivity contribution in [3.05, 3.63) is 401 Å². The molecule has 4 heterocycles. The van der Waals surface area contributed by atoms with Crippen LogP contribution in [0.25, 0.3) is 0 Å². The molecule has 150 heavy (non-hydrogen) atoms. The zero-order chi connectivity index (χ0) is 106. The monoisotopic (exact) mass is 2160 g/mol. The standard InChI is InChI=1S/C29H30FN3O5S.2C28H28ClFN2O4S.C28H30FN3O4S/c1-39(36,37)31-28(34)24-18-23(20-12-13-20)26(19-25(24)30)38-29(35)33-16-14-32(15-17-33)27(21-8-4-2-5-9-21)22-10-6-3-7-11-22;1-37(34,35)31-28(33)24-13-23(19-10-11-19)26(14-25(24)30)36-17-18-15-32(16-18)27(20-6-3-2-4-7-20)21-8-5-9-22(29)12-21;1-37(34,35)31-28(33)24-13-23(19-7-8-19)26(14-25(24)30)36-17-18-15-32(16-18)27(20-5-3-2-4-6-20)21-9-11-22(29)12-10-21;1-30-37(34,35)31-28(33)24-14-23(20-12-13-20)26(15-25(24)29)36-18-19-16-32(17-19)27(21-8-4-2-5-9-21)22-10-6-3-7-11-22/h2-11,18-20,27H,12-17H2,1H3,(H,31,34);2-9,12-14,18-19,27H,10-11,15-17H2,1H3,(H,31,33);2-6,9-14,18-19,27H,7-8,15-17H2,1H3,(H,31,33);2-11,14-15,19-20,27,30H,12-13,16-18H2,1H3,(H,31,33). The Labute approximate surface area is 881 Å².